The first-order valence-corrected chi connectivity index (χ1v) is 7.27. The molecule has 0 spiro atoms. The molecule has 0 heterocycles. The van der Waals surface area contributed by atoms with Gasteiger partial charge in [0.25, 0.3) is 0 Å². The third kappa shape index (κ3) is 2.99. The van der Waals surface area contributed by atoms with E-state index in [4.69, 9.17) is 5.26 Å². The third-order valence-electron chi connectivity index (χ3n) is 2.72. The second kappa shape index (κ2) is 5.77. The number of halogens is 2. The fourth-order valence-electron chi connectivity index (χ4n) is 1.73. The molecule has 96 valence electrons. The van der Waals surface area contributed by atoms with Gasteiger partial charge >= 0.3 is 0 Å². The molecule has 1 nitrogen and oxygen atoms in total. The molecule has 0 saturated carbocycles. The molecule has 2 aromatic carbocycles. The molecule has 0 aliphatic heterocycles. The van der Waals surface area contributed by atoms with Crippen LogP contribution in [0.1, 0.15) is 16.7 Å². The van der Waals surface area contributed by atoms with Crippen LogP contribution in [0, 0.1) is 31.0 Å². The van der Waals surface area contributed by atoms with Gasteiger partial charge in [0.2, 0.25) is 0 Å². The second-order valence-corrected chi connectivity index (χ2v) is 6.10. The highest BCUT2D eigenvalue weighted by atomic mass is 79.9. The van der Waals surface area contributed by atoms with E-state index in [0.29, 0.717) is 10.5 Å². The maximum absolute atomic E-state index is 14.1. The number of rotatable bonds is 2. The van der Waals surface area contributed by atoms with Crippen molar-refractivity contribution < 1.29 is 4.39 Å². The van der Waals surface area contributed by atoms with E-state index in [1.54, 1.807) is 12.1 Å². The number of nitrogens with zero attached hydrogens (tertiary/aromatic N) is 1. The van der Waals surface area contributed by atoms with E-state index in [-0.39, 0.29) is 10.3 Å². The minimum absolute atomic E-state index is 0.227. The van der Waals surface area contributed by atoms with Crippen LogP contribution in [0.3, 0.4) is 0 Å². The van der Waals surface area contributed by atoms with Crippen LogP contribution in [0.4, 0.5) is 4.39 Å². The zero-order valence-electron chi connectivity index (χ0n) is 10.5. The number of aryl methyl sites for hydroxylation is 2. The molecule has 0 aliphatic rings. The van der Waals surface area contributed by atoms with Gasteiger partial charge in [0, 0.05) is 9.79 Å². The summed E-state index contributed by atoms with van der Waals surface area (Å²) < 4.78 is 14.4. The summed E-state index contributed by atoms with van der Waals surface area (Å²) in [5.74, 6) is -0.385. The van der Waals surface area contributed by atoms with Crippen LogP contribution in [0.25, 0.3) is 0 Å². The van der Waals surface area contributed by atoms with Crippen LogP contribution in [0.2, 0.25) is 0 Å². The van der Waals surface area contributed by atoms with Gasteiger partial charge < -0.3 is 0 Å². The highest BCUT2D eigenvalue weighted by Gasteiger charge is 2.13. The average Bonchev–Trinajstić information content (AvgIpc) is 2.38. The van der Waals surface area contributed by atoms with Gasteiger partial charge in [-0.1, -0.05) is 29.5 Å². The van der Waals surface area contributed by atoms with E-state index in [2.05, 4.69) is 22.0 Å². The first-order valence-electron chi connectivity index (χ1n) is 5.66. The Labute approximate surface area is 124 Å². The van der Waals surface area contributed by atoms with Gasteiger partial charge in [-0.25, -0.2) is 4.39 Å². The van der Waals surface area contributed by atoms with Gasteiger partial charge in [0.15, 0.2) is 5.82 Å². The molecule has 0 atom stereocenters. The van der Waals surface area contributed by atoms with Crippen LogP contribution in [0.5, 0.6) is 0 Å². The predicted molar refractivity (Wildman–Crippen MR) is 78.9 cm³/mol. The van der Waals surface area contributed by atoms with Gasteiger partial charge in [-0.05, 0) is 53.5 Å². The Morgan fingerprint density at radius 3 is 2.47 bits per heavy atom. The van der Waals surface area contributed by atoms with Crippen LogP contribution < -0.4 is 0 Å². The van der Waals surface area contributed by atoms with E-state index in [9.17, 15) is 4.39 Å². The summed E-state index contributed by atoms with van der Waals surface area (Å²) >= 11 is 4.49. The zero-order valence-corrected chi connectivity index (χ0v) is 12.9. The summed E-state index contributed by atoms with van der Waals surface area (Å²) in [4.78, 5) is 1.53. The first kappa shape index (κ1) is 14.1. The van der Waals surface area contributed by atoms with Crippen molar-refractivity contribution in [3.8, 4) is 6.07 Å². The predicted octanol–water partition coefficient (Wildman–Crippen LogP) is 5.23. The number of hydrogen-bond donors (Lipinski definition) is 0. The Balaban J connectivity index is 2.39. The van der Waals surface area contributed by atoms with Crippen molar-refractivity contribution in [1.29, 1.82) is 5.26 Å². The van der Waals surface area contributed by atoms with Crippen molar-refractivity contribution in [2.24, 2.45) is 0 Å². The second-order valence-electron chi connectivity index (χ2n) is 4.22. The van der Waals surface area contributed by atoms with Crippen molar-refractivity contribution in [1.82, 2.24) is 0 Å². The molecule has 0 N–H and O–H groups in total. The topological polar surface area (TPSA) is 23.8 Å². The standard InChI is InChI=1S/C15H11BrFNS/c1-9-3-5-12(10(2)7-9)19-13-6-4-11(8-18)14(16)15(13)17/h3-7H,1-2H3. The fourth-order valence-corrected chi connectivity index (χ4v) is 3.22. The highest BCUT2D eigenvalue weighted by Crippen LogP contribution is 2.35. The number of benzene rings is 2. The average molecular weight is 336 g/mol. The van der Waals surface area contributed by atoms with E-state index in [0.717, 1.165) is 10.5 Å². The van der Waals surface area contributed by atoms with Gasteiger partial charge in [-0.2, -0.15) is 5.26 Å². The smallest absolute Gasteiger partial charge is 0.152 e. The Morgan fingerprint density at radius 1 is 1.16 bits per heavy atom. The van der Waals surface area contributed by atoms with Crippen molar-refractivity contribution >= 4 is 27.7 Å². The molecule has 0 fully saturated rings. The maximum Gasteiger partial charge on any atom is 0.152 e. The van der Waals surface area contributed by atoms with Crippen LogP contribution in [-0.4, -0.2) is 0 Å². The summed E-state index contributed by atoms with van der Waals surface area (Å²) in [6.45, 7) is 4.03. The van der Waals surface area contributed by atoms with Crippen LogP contribution in [0.15, 0.2) is 44.6 Å². The quantitative estimate of drug-likeness (QED) is 0.750. The van der Waals surface area contributed by atoms with Crippen LogP contribution in [-0.2, 0) is 0 Å². The molecule has 19 heavy (non-hydrogen) atoms. The molecule has 0 amide bonds. The van der Waals surface area contributed by atoms with Crippen molar-refractivity contribution in [3.05, 3.63) is 57.3 Å². The lowest BCUT2D eigenvalue weighted by atomic mass is 10.2. The number of hydrogen-bond acceptors (Lipinski definition) is 2. The Hall–Kier alpha value is -1.31. The van der Waals surface area contributed by atoms with E-state index in [1.807, 2.05) is 32.0 Å². The normalized spacial score (nSPS) is 10.3. The Bertz CT molecular complexity index is 677. The van der Waals surface area contributed by atoms with Gasteiger partial charge in [-0.3, -0.25) is 0 Å². The first-order chi connectivity index (χ1) is 9.02. The third-order valence-corrected chi connectivity index (χ3v) is 4.71. The van der Waals surface area contributed by atoms with Gasteiger partial charge in [-0.15, -0.1) is 0 Å². The zero-order chi connectivity index (χ0) is 14.0. The largest absolute Gasteiger partial charge is 0.204 e. The molecule has 2 aromatic rings. The minimum atomic E-state index is -0.385. The molecule has 2 rings (SSSR count). The summed E-state index contributed by atoms with van der Waals surface area (Å²) in [7, 11) is 0. The van der Waals surface area contributed by atoms with E-state index in [1.165, 1.54) is 17.3 Å². The van der Waals surface area contributed by atoms with E-state index < -0.39 is 0 Å². The van der Waals surface area contributed by atoms with Crippen LogP contribution >= 0.6 is 27.7 Å². The van der Waals surface area contributed by atoms with E-state index >= 15 is 0 Å². The molecular formula is C15H11BrFNS. The summed E-state index contributed by atoms with van der Waals surface area (Å²) in [5.41, 5.74) is 2.61. The maximum atomic E-state index is 14.1. The molecule has 4 heteroatoms. The lowest BCUT2D eigenvalue weighted by molar-refractivity contribution is 0.594. The Morgan fingerprint density at radius 2 is 1.84 bits per heavy atom. The van der Waals surface area contributed by atoms with Crippen molar-refractivity contribution in [2.45, 2.75) is 23.6 Å². The summed E-state index contributed by atoms with van der Waals surface area (Å²) in [6, 6.07) is 11.3. The minimum Gasteiger partial charge on any atom is -0.204 e. The number of nitriles is 1. The molecule has 0 radical (unpaired) electrons. The molecule has 0 unspecified atom stereocenters. The lowest BCUT2D eigenvalue weighted by Gasteiger charge is -2.09. The summed E-state index contributed by atoms with van der Waals surface area (Å²) in [6.07, 6.45) is 0. The van der Waals surface area contributed by atoms with Gasteiger partial charge in [0.1, 0.15) is 6.07 Å². The SMILES string of the molecule is Cc1ccc(Sc2ccc(C#N)c(Br)c2F)c(C)c1. The monoisotopic (exact) mass is 335 g/mol. The molecule has 0 aromatic heterocycles. The summed E-state index contributed by atoms with van der Waals surface area (Å²) in [5, 5.41) is 8.84. The molecule has 0 bridgehead atoms. The van der Waals surface area contributed by atoms with Gasteiger partial charge in [0.05, 0.1) is 10.0 Å². The molecule has 0 aliphatic carbocycles. The lowest BCUT2D eigenvalue weighted by Crippen LogP contribution is -1.89. The molecular weight excluding hydrogens is 325 g/mol. The van der Waals surface area contributed by atoms with Crippen molar-refractivity contribution in [3.63, 3.8) is 0 Å². The molecule has 0 saturated heterocycles. The van der Waals surface area contributed by atoms with Crippen molar-refractivity contribution in [2.75, 3.05) is 0 Å². The highest BCUT2D eigenvalue weighted by molar-refractivity contribution is 9.10. The fraction of sp³-hybridized carbons (Fsp3) is 0.133. The Kier molecular flexibility index (Phi) is 4.28.